The molecule has 0 rings (SSSR count). The largest absolute Gasteiger partial charge is 2.00 e. The third-order valence-electron chi connectivity index (χ3n) is 1.53. The Morgan fingerprint density at radius 3 is 1.46 bits per heavy atom. The smallest absolute Gasteiger partial charge is 0.343 e. The molecule has 0 aromatic heterocycles. The van der Waals surface area contributed by atoms with E-state index in [1.807, 2.05) is 0 Å². The molecule has 0 amide bonds. The summed E-state index contributed by atoms with van der Waals surface area (Å²) in [4.78, 5) is 0. The third kappa shape index (κ3) is 32.3. The second-order valence-electron chi connectivity index (χ2n) is 4.37. The van der Waals surface area contributed by atoms with Gasteiger partial charge >= 0.3 is 23.1 Å². The molecule has 0 saturated heterocycles. The second-order valence-corrected chi connectivity index (χ2v) is 4.37. The Hall–Kier alpha value is 0.766. The van der Waals surface area contributed by atoms with Crippen molar-refractivity contribution in [3.63, 3.8) is 0 Å². The van der Waals surface area contributed by atoms with Crippen LogP contribution in [0.25, 0.3) is 0 Å². The van der Waals surface area contributed by atoms with Gasteiger partial charge in [0.1, 0.15) is 0 Å². The van der Waals surface area contributed by atoms with Crippen LogP contribution in [0.5, 0.6) is 0 Å². The van der Waals surface area contributed by atoms with E-state index >= 15 is 0 Å². The molecule has 13 heavy (non-hydrogen) atoms. The first-order valence-corrected chi connectivity index (χ1v) is 5.06. The van der Waals surface area contributed by atoms with Gasteiger partial charge < -0.3 is 13.8 Å². The average molecular weight is 195 g/mol. The normalized spacial score (nSPS) is 9.69. The topological polar surface area (TPSA) is 0 Å². The van der Waals surface area contributed by atoms with Gasteiger partial charge in [-0.05, 0) is 5.41 Å². The van der Waals surface area contributed by atoms with E-state index in [0.717, 1.165) is 12.8 Å². The summed E-state index contributed by atoms with van der Waals surface area (Å²) in [5, 5.41) is 0. The summed E-state index contributed by atoms with van der Waals surface area (Å²) in [6, 6.07) is 0. The van der Waals surface area contributed by atoms with Gasteiger partial charge in [0.05, 0.1) is 0 Å². The van der Waals surface area contributed by atoms with E-state index in [-0.39, 0.29) is 23.1 Å². The molecule has 0 atom stereocenters. The predicted octanol–water partition coefficient (Wildman–Crippen LogP) is 4.28. The van der Waals surface area contributed by atoms with Gasteiger partial charge in [-0.1, -0.05) is 47.0 Å². The Morgan fingerprint density at radius 2 is 1.38 bits per heavy atom. The maximum atomic E-state index is 3.79. The third-order valence-corrected chi connectivity index (χ3v) is 1.53. The van der Waals surface area contributed by atoms with E-state index in [1.165, 1.54) is 19.3 Å². The summed E-state index contributed by atoms with van der Waals surface area (Å²) in [6.07, 6.45) is 5.93. The molecule has 76 valence electrons. The molecular weight excluding hydrogens is 168 g/mol. The van der Waals surface area contributed by atoms with Crippen LogP contribution in [0, 0.1) is 19.3 Å². The van der Waals surface area contributed by atoms with Crippen LogP contribution in [0.2, 0.25) is 0 Å². The van der Waals surface area contributed by atoms with Crippen LogP contribution in [-0.2, 0) is 0 Å². The summed E-state index contributed by atoms with van der Waals surface area (Å²) in [7, 11) is 0. The number of rotatable bonds is 3. The molecule has 0 aromatic rings. The number of unbranched alkanes of at least 4 members (excludes halogenated alkanes) is 2. The van der Waals surface area contributed by atoms with Crippen molar-refractivity contribution >= 4 is 23.1 Å². The van der Waals surface area contributed by atoms with E-state index in [2.05, 4.69) is 41.5 Å². The number of hydrogen-bond donors (Lipinski definition) is 0. The van der Waals surface area contributed by atoms with Gasteiger partial charge in [0.15, 0.2) is 0 Å². The van der Waals surface area contributed by atoms with Crippen molar-refractivity contribution in [2.45, 2.75) is 59.8 Å². The van der Waals surface area contributed by atoms with Gasteiger partial charge in [-0.3, -0.25) is 0 Å². The molecule has 0 nitrogen and oxygen atoms in total. The van der Waals surface area contributed by atoms with E-state index in [9.17, 15) is 0 Å². The maximum Gasteiger partial charge on any atom is 2.00 e. The molecule has 0 aliphatic heterocycles. The number of hydrogen-bond acceptors (Lipinski definition) is 0. The van der Waals surface area contributed by atoms with Gasteiger partial charge in [-0.15, -0.1) is 0 Å². The molecule has 0 aromatic carbocycles. The predicted molar refractivity (Wildman–Crippen MR) is 64.7 cm³/mol. The zero-order valence-electron chi connectivity index (χ0n) is 10.2. The zero-order chi connectivity index (χ0) is 10.0. The van der Waals surface area contributed by atoms with E-state index in [4.69, 9.17) is 0 Å². The Balaban J connectivity index is -0.000000173. The molecule has 0 aliphatic carbocycles. The van der Waals surface area contributed by atoms with Gasteiger partial charge in [0.2, 0.25) is 0 Å². The van der Waals surface area contributed by atoms with Crippen molar-refractivity contribution in [1.29, 1.82) is 0 Å². The molecule has 0 N–H and O–H groups in total. The standard InChI is InChI=1S/C8H17.C4H9.Mg/c1-5-6-7-8(2,3)4;1-3-4-2;/h1,5-7H2,2-4H3;1,3-4H2,2H3;/q2*-1;+2. The molecular formula is C12H26Mg. The molecule has 0 aliphatic rings. The SMILES string of the molecule is [CH2-]CCC.[CH2-]CCCC(C)(C)C.[Mg+2]. The van der Waals surface area contributed by atoms with Crippen LogP contribution in [0.15, 0.2) is 0 Å². The van der Waals surface area contributed by atoms with Gasteiger partial charge in [0.25, 0.3) is 0 Å². The maximum absolute atomic E-state index is 3.79. The quantitative estimate of drug-likeness (QED) is 0.465. The molecule has 0 heterocycles. The fourth-order valence-electron chi connectivity index (χ4n) is 0.655. The summed E-state index contributed by atoms with van der Waals surface area (Å²) < 4.78 is 0. The Labute approximate surface area is 102 Å². The summed E-state index contributed by atoms with van der Waals surface area (Å²) in [6.45, 7) is 16.3. The first-order chi connectivity index (χ1) is 5.47. The minimum atomic E-state index is 0. The molecule has 0 fully saturated rings. The summed E-state index contributed by atoms with van der Waals surface area (Å²) in [5.41, 5.74) is 0.512. The van der Waals surface area contributed by atoms with Crippen LogP contribution < -0.4 is 0 Å². The van der Waals surface area contributed by atoms with Crippen molar-refractivity contribution < 1.29 is 0 Å². The Morgan fingerprint density at radius 1 is 1.00 bits per heavy atom. The van der Waals surface area contributed by atoms with Crippen molar-refractivity contribution in [3.05, 3.63) is 13.8 Å². The molecule has 0 radical (unpaired) electrons. The minimum Gasteiger partial charge on any atom is -0.343 e. The average Bonchev–Trinajstić information content (AvgIpc) is 2.00. The first kappa shape index (κ1) is 19.4. The Bertz CT molecular complexity index is 69.7. The first-order valence-electron chi connectivity index (χ1n) is 5.06. The van der Waals surface area contributed by atoms with Crippen LogP contribution in [0.4, 0.5) is 0 Å². The Kier molecular flexibility index (Phi) is 19.0. The van der Waals surface area contributed by atoms with Crippen molar-refractivity contribution in [1.82, 2.24) is 0 Å². The van der Waals surface area contributed by atoms with Gasteiger partial charge in [-0.2, -0.15) is 12.8 Å². The summed E-state index contributed by atoms with van der Waals surface area (Å²) >= 11 is 0. The molecule has 1 heteroatoms. The molecule has 0 unspecified atom stereocenters. The van der Waals surface area contributed by atoms with Crippen LogP contribution in [-0.4, -0.2) is 23.1 Å². The fourth-order valence-corrected chi connectivity index (χ4v) is 0.655. The zero-order valence-corrected chi connectivity index (χ0v) is 11.6. The van der Waals surface area contributed by atoms with E-state index in [0.29, 0.717) is 5.41 Å². The fraction of sp³-hybridized carbons (Fsp3) is 0.833. The van der Waals surface area contributed by atoms with Crippen molar-refractivity contribution in [2.75, 3.05) is 0 Å². The monoisotopic (exact) mass is 194 g/mol. The van der Waals surface area contributed by atoms with E-state index in [1.54, 1.807) is 0 Å². The van der Waals surface area contributed by atoms with Crippen molar-refractivity contribution in [2.24, 2.45) is 5.41 Å². The van der Waals surface area contributed by atoms with Crippen LogP contribution >= 0.6 is 0 Å². The molecule has 0 spiro atoms. The van der Waals surface area contributed by atoms with E-state index < -0.39 is 0 Å². The minimum absolute atomic E-state index is 0. The molecule has 0 bridgehead atoms. The molecule has 0 saturated carbocycles. The van der Waals surface area contributed by atoms with Crippen molar-refractivity contribution in [3.8, 4) is 0 Å². The second kappa shape index (κ2) is 12.8. The van der Waals surface area contributed by atoms with Gasteiger partial charge in [0, 0.05) is 0 Å². The summed E-state index contributed by atoms with van der Waals surface area (Å²) in [5.74, 6) is 0. The van der Waals surface area contributed by atoms with Crippen LogP contribution in [0.3, 0.4) is 0 Å². The van der Waals surface area contributed by atoms with Gasteiger partial charge in [-0.25, -0.2) is 0 Å². The van der Waals surface area contributed by atoms with Crippen LogP contribution in [0.1, 0.15) is 59.8 Å².